The standard InChI is InChI=1S/C12H16N2O5/c15-8-5-7(6-9(8)16)12(19)13-3-4-14-10(17)1-2-11(14)18/h1-2,7-9,15-16H,3-6H2,(H,13,19)/t7?,8-,9+. The van der Waals surface area contributed by atoms with Crippen LogP contribution in [0.3, 0.4) is 0 Å². The lowest BCUT2D eigenvalue weighted by Crippen LogP contribution is -2.39. The predicted octanol–water partition coefficient (Wildman–Crippen LogP) is -1.84. The fraction of sp³-hybridized carbons (Fsp3) is 0.583. The van der Waals surface area contributed by atoms with Crippen molar-refractivity contribution in [3.63, 3.8) is 0 Å². The number of hydrogen-bond donors (Lipinski definition) is 3. The average molecular weight is 268 g/mol. The van der Waals surface area contributed by atoms with Gasteiger partial charge in [0.2, 0.25) is 5.91 Å². The number of rotatable bonds is 4. The van der Waals surface area contributed by atoms with Gasteiger partial charge >= 0.3 is 0 Å². The summed E-state index contributed by atoms with van der Waals surface area (Å²) in [7, 11) is 0. The third-order valence-electron chi connectivity index (χ3n) is 3.40. The van der Waals surface area contributed by atoms with Crippen LogP contribution in [-0.4, -0.2) is 58.1 Å². The number of carbonyl (C=O) groups excluding carboxylic acids is 3. The Morgan fingerprint density at radius 1 is 1.21 bits per heavy atom. The summed E-state index contributed by atoms with van der Waals surface area (Å²) >= 11 is 0. The Bertz CT molecular complexity index is 406. The van der Waals surface area contributed by atoms with Crippen molar-refractivity contribution in [3.8, 4) is 0 Å². The molecule has 0 aromatic heterocycles. The van der Waals surface area contributed by atoms with Crippen molar-refractivity contribution in [3.05, 3.63) is 12.2 Å². The molecule has 2 aliphatic rings. The second-order valence-corrected chi connectivity index (χ2v) is 4.76. The summed E-state index contributed by atoms with van der Waals surface area (Å²) in [6.45, 7) is 0.287. The predicted molar refractivity (Wildman–Crippen MR) is 63.6 cm³/mol. The molecule has 1 fully saturated rings. The number of amides is 3. The summed E-state index contributed by atoms with van der Waals surface area (Å²) < 4.78 is 0. The van der Waals surface area contributed by atoms with Gasteiger partial charge in [0.25, 0.3) is 11.8 Å². The summed E-state index contributed by atoms with van der Waals surface area (Å²) in [5.74, 6) is -1.47. The van der Waals surface area contributed by atoms with E-state index in [4.69, 9.17) is 0 Å². The first kappa shape index (κ1) is 13.7. The molecule has 7 heteroatoms. The molecule has 1 unspecified atom stereocenters. The zero-order chi connectivity index (χ0) is 14.0. The molecule has 1 heterocycles. The van der Waals surface area contributed by atoms with E-state index in [2.05, 4.69) is 5.32 Å². The van der Waals surface area contributed by atoms with E-state index in [0.29, 0.717) is 0 Å². The molecule has 0 spiro atoms. The highest BCUT2D eigenvalue weighted by Gasteiger charge is 2.35. The molecule has 0 radical (unpaired) electrons. The van der Waals surface area contributed by atoms with Crippen LogP contribution in [0.2, 0.25) is 0 Å². The third kappa shape index (κ3) is 2.99. The lowest BCUT2D eigenvalue weighted by Gasteiger charge is -2.15. The topological polar surface area (TPSA) is 107 Å². The first-order valence-electron chi connectivity index (χ1n) is 6.16. The molecule has 1 saturated carbocycles. The van der Waals surface area contributed by atoms with Gasteiger partial charge in [-0.15, -0.1) is 0 Å². The summed E-state index contributed by atoms with van der Waals surface area (Å²) in [4.78, 5) is 35.3. The number of aliphatic hydroxyl groups is 2. The first-order chi connectivity index (χ1) is 8.99. The van der Waals surface area contributed by atoms with Crippen molar-refractivity contribution in [1.82, 2.24) is 10.2 Å². The average Bonchev–Trinajstić information content (AvgIpc) is 2.86. The first-order valence-corrected chi connectivity index (χ1v) is 6.16. The number of carbonyl (C=O) groups is 3. The molecule has 1 aliphatic heterocycles. The molecule has 3 N–H and O–H groups in total. The number of nitrogens with zero attached hydrogens (tertiary/aromatic N) is 1. The van der Waals surface area contributed by atoms with Crippen LogP contribution in [0.5, 0.6) is 0 Å². The molecule has 7 nitrogen and oxygen atoms in total. The van der Waals surface area contributed by atoms with Crippen molar-refractivity contribution in [2.45, 2.75) is 25.0 Å². The van der Waals surface area contributed by atoms with E-state index in [1.165, 1.54) is 12.2 Å². The minimum atomic E-state index is -0.860. The van der Waals surface area contributed by atoms with Crippen molar-refractivity contribution < 1.29 is 24.6 Å². The normalized spacial score (nSPS) is 30.2. The molecule has 104 valence electrons. The van der Waals surface area contributed by atoms with Gasteiger partial charge in [-0.2, -0.15) is 0 Å². The van der Waals surface area contributed by atoms with E-state index in [-0.39, 0.29) is 43.7 Å². The number of aliphatic hydroxyl groups excluding tert-OH is 2. The van der Waals surface area contributed by atoms with Gasteiger partial charge in [-0.05, 0) is 12.8 Å². The molecule has 19 heavy (non-hydrogen) atoms. The van der Waals surface area contributed by atoms with E-state index in [1.807, 2.05) is 0 Å². The summed E-state index contributed by atoms with van der Waals surface area (Å²) in [6, 6.07) is 0. The Kier molecular flexibility index (Phi) is 3.96. The molecule has 2 rings (SSSR count). The van der Waals surface area contributed by atoms with Gasteiger partial charge in [-0.1, -0.05) is 0 Å². The Morgan fingerprint density at radius 2 is 1.74 bits per heavy atom. The van der Waals surface area contributed by atoms with E-state index < -0.39 is 18.1 Å². The lowest BCUT2D eigenvalue weighted by molar-refractivity contribution is -0.137. The van der Waals surface area contributed by atoms with Crippen LogP contribution in [-0.2, 0) is 14.4 Å². The maximum absolute atomic E-state index is 11.7. The second-order valence-electron chi connectivity index (χ2n) is 4.76. The van der Waals surface area contributed by atoms with Gasteiger partial charge in [0.15, 0.2) is 0 Å². The Labute approximate surface area is 109 Å². The molecule has 1 aliphatic carbocycles. The van der Waals surface area contributed by atoms with E-state index in [0.717, 1.165) is 4.90 Å². The lowest BCUT2D eigenvalue weighted by atomic mass is 10.1. The molecule has 0 saturated heterocycles. The molecular weight excluding hydrogens is 252 g/mol. The summed E-state index contributed by atoms with van der Waals surface area (Å²) in [5, 5.41) is 21.3. The fourth-order valence-electron chi connectivity index (χ4n) is 2.29. The monoisotopic (exact) mass is 268 g/mol. The van der Waals surface area contributed by atoms with Gasteiger partial charge < -0.3 is 15.5 Å². The van der Waals surface area contributed by atoms with Crippen LogP contribution < -0.4 is 5.32 Å². The summed E-state index contributed by atoms with van der Waals surface area (Å²) in [5.41, 5.74) is 0. The van der Waals surface area contributed by atoms with Gasteiger partial charge in [-0.25, -0.2) is 0 Å². The molecule has 3 amide bonds. The second kappa shape index (κ2) is 5.50. The highest BCUT2D eigenvalue weighted by atomic mass is 16.3. The Balaban J connectivity index is 1.73. The van der Waals surface area contributed by atoms with Gasteiger partial charge in [-0.3, -0.25) is 19.3 Å². The van der Waals surface area contributed by atoms with Crippen molar-refractivity contribution in [2.75, 3.05) is 13.1 Å². The molecule has 0 aromatic carbocycles. The van der Waals surface area contributed by atoms with Crippen molar-refractivity contribution in [2.24, 2.45) is 5.92 Å². The zero-order valence-electron chi connectivity index (χ0n) is 10.3. The minimum absolute atomic E-state index is 0.119. The van der Waals surface area contributed by atoms with Crippen molar-refractivity contribution in [1.29, 1.82) is 0 Å². The molecule has 3 atom stereocenters. The number of imide groups is 1. The SMILES string of the molecule is O=C(NCCN1C(=O)C=CC1=O)C1C[C@@H](O)[C@@H](O)C1. The van der Waals surface area contributed by atoms with Gasteiger partial charge in [0, 0.05) is 31.2 Å². The van der Waals surface area contributed by atoms with E-state index in [1.54, 1.807) is 0 Å². The fourth-order valence-corrected chi connectivity index (χ4v) is 2.29. The smallest absolute Gasteiger partial charge is 0.253 e. The molecular formula is C12H16N2O5. The number of hydrogen-bond acceptors (Lipinski definition) is 5. The number of nitrogens with one attached hydrogen (secondary N) is 1. The zero-order valence-corrected chi connectivity index (χ0v) is 10.3. The van der Waals surface area contributed by atoms with Gasteiger partial charge in [0.1, 0.15) is 0 Å². The Morgan fingerprint density at radius 3 is 2.26 bits per heavy atom. The highest BCUT2D eigenvalue weighted by Crippen LogP contribution is 2.25. The van der Waals surface area contributed by atoms with Crippen LogP contribution in [0.15, 0.2) is 12.2 Å². The van der Waals surface area contributed by atoms with E-state index in [9.17, 15) is 24.6 Å². The summed E-state index contributed by atoms with van der Waals surface area (Å²) in [6.07, 6.45) is 1.12. The van der Waals surface area contributed by atoms with Crippen LogP contribution in [0, 0.1) is 5.92 Å². The van der Waals surface area contributed by atoms with Crippen LogP contribution >= 0.6 is 0 Å². The maximum Gasteiger partial charge on any atom is 0.253 e. The van der Waals surface area contributed by atoms with Crippen LogP contribution in [0.1, 0.15) is 12.8 Å². The van der Waals surface area contributed by atoms with Crippen molar-refractivity contribution >= 4 is 17.7 Å². The highest BCUT2D eigenvalue weighted by molar-refractivity contribution is 6.12. The minimum Gasteiger partial charge on any atom is -0.390 e. The van der Waals surface area contributed by atoms with E-state index >= 15 is 0 Å². The maximum atomic E-state index is 11.7. The largest absolute Gasteiger partial charge is 0.390 e. The quantitative estimate of drug-likeness (QED) is 0.519. The van der Waals surface area contributed by atoms with Crippen LogP contribution in [0.4, 0.5) is 0 Å². The third-order valence-corrected chi connectivity index (χ3v) is 3.40. The van der Waals surface area contributed by atoms with Crippen LogP contribution in [0.25, 0.3) is 0 Å². The Hall–Kier alpha value is -1.73. The van der Waals surface area contributed by atoms with Gasteiger partial charge in [0.05, 0.1) is 12.2 Å². The molecule has 0 aromatic rings. The molecule has 0 bridgehead atoms.